The maximum atomic E-state index is 12.1. The van der Waals surface area contributed by atoms with Crippen LogP contribution in [0, 0.1) is 0 Å². The number of hydrogen-bond donors (Lipinski definition) is 2. The van der Waals surface area contributed by atoms with E-state index in [1.54, 1.807) is 0 Å². The predicted molar refractivity (Wildman–Crippen MR) is 64.2 cm³/mol. The number of rotatable bonds is 6. The molecule has 0 saturated carbocycles. The van der Waals surface area contributed by atoms with Gasteiger partial charge in [-0.05, 0) is 39.7 Å². The summed E-state index contributed by atoms with van der Waals surface area (Å²) < 4.78 is 0. The maximum Gasteiger partial charge on any atom is 0.240 e. The number of likely N-dealkylation sites (tertiary alicyclic amines) is 1. The summed E-state index contributed by atoms with van der Waals surface area (Å²) in [5.74, 6) is 0.187. The van der Waals surface area contributed by atoms with Crippen LogP contribution in [-0.4, -0.2) is 47.2 Å². The highest BCUT2D eigenvalue weighted by Crippen LogP contribution is 2.25. The number of carbonyl (C=O) groups excluding carboxylic acids is 1. The standard InChI is InChI=1S/C12H24N2O2/c1-4-7-13-10-5-8-14(11(10)16)12(2,3)6-9-15/h10,13,15H,4-9H2,1-3H3. The van der Waals surface area contributed by atoms with Crippen molar-refractivity contribution in [2.24, 2.45) is 0 Å². The summed E-state index contributed by atoms with van der Waals surface area (Å²) in [4.78, 5) is 14.0. The van der Waals surface area contributed by atoms with Gasteiger partial charge in [-0.2, -0.15) is 0 Å². The molecule has 1 saturated heterocycles. The molecule has 1 heterocycles. The van der Waals surface area contributed by atoms with Crippen molar-refractivity contribution in [1.82, 2.24) is 10.2 Å². The largest absolute Gasteiger partial charge is 0.396 e. The third-order valence-corrected chi connectivity index (χ3v) is 3.30. The van der Waals surface area contributed by atoms with Gasteiger partial charge in [0.15, 0.2) is 0 Å². The lowest BCUT2D eigenvalue weighted by Crippen LogP contribution is -2.48. The van der Waals surface area contributed by atoms with Gasteiger partial charge in [-0.25, -0.2) is 0 Å². The summed E-state index contributed by atoms with van der Waals surface area (Å²) in [6, 6.07) is -0.0158. The predicted octanol–water partition coefficient (Wildman–Crippen LogP) is 0.748. The van der Waals surface area contributed by atoms with Gasteiger partial charge >= 0.3 is 0 Å². The Morgan fingerprint density at radius 3 is 2.81 bits per heavy atom. The van der Waals surface area contributed by atoms with Crippen LogP contribution in [0.15, 0.2) is 0 Å². The Labute approximate surface area is 98.0 Å². The molecular weight excluding hydrogens is 204 g/mol. The van der Waals surface area contributed by atoms with E-state index in [0.717, 1.165) is 25.9 Å². The zero-order valence-corrected chi connectivity index (χ0v) is 10.6. The highest BCUT2D eigenvalue weighted by Gasteiger charge is 2.39. The Bertz CT molecular complexity index is 241. The quantitative estimate of drug-likeness (QED) is 0.705. The highest BCUT2D eigenvalue weighted by atomic mass is 16.3. The van der Waals surface area contributed by atoms with Gasteiger partial charge in [0.1, 0.15) is 0 Å². The highest BCUT2D eigenvalue weighted by molar-refractivity contribution is 5.84. The minimum atomic E-state index is -0.228. The van der Waals surface area contributed by atoms with E-state index in [9.17, 15) is 4.79 Å². The van der Waals surface area contributed by atoms with E-state index in [0.29, 0.717) is 6.42 Å². The first-order valence-corrected chi connectivity index (χ1v) is 6.18. The molecule has 0 aromatic rings. The molecule has 1 aliphatic rings. The molecule has 0 radical (unpaired) electrons. The Morgan fingerprint density at radius 1 is 1.56 bits per heavy atom. The third kappa shape index (κ3) is 2.95. The number of carbonyl (C=O) groups is 1. The van der Waals surface area contributed by atoms with Gasteiger partial charge < -0.3 is 15.3 Å². The topological polar surface area (TPSA) is 52.6 Å². The molecule has 2 N–H and O–H groups in total. The first-order valence-electron chi connectivity index (χ1n) is 6.18. The van der Waals surface area contributed by atoms with Crippen LogP contribution in [0.2, 0.25) is 0 Å². The molecule has 16 heavy (non-hydrogen) atoms. The SMILES string of the molecule is CCCNC1CCN(C(C)(C)CCO)C1=O. The van der Waals surface area contributed by atoms with Crippen LogP contribution in [0.1, 0.15) is 40.0 Å². The molecule has 0 spiro atoms. The number of hydrogen-bond acceptors (Lipinski definition) is 3. The number of aliphatic hydroxyl groups is 1. The average molecular weight is 228 g/mol. The van der Waals surface area contributed by atoms with Crippen LogP contribution in [0.3, 0.4) is 0 Å². The molecule has 0 bridgehead atoms. The molecule has 4 heteroatoms. The Morgan fingerprint density at radius 2 is 2.25 bits per heavy atom. The molecule has 4 nitrogen and oxygen atoms in total. The fraction of sp³-hybridized carbons (Fsp3) is 0.917. The summed E-state index contributed by atoms with van der Waals surface area (Å²) in [6.07, 6.45) is 2.57. The molecule has 94 valence electrons. The maximum absolute atomic E-state index is 12.1. The molecule has 1 atom stereocenters. The van der Waals surface area contributed by atoms with Crippen LogP contribution in [0.25, 0.3) is 0 Å². The first-order chi connectivity index (χ1) is 7.53. The van der Waals surface area contributed by atoms with Gasteiger partial charge in [0.05, 0.1) is 6.04 Å². The van der Waals surface area contributed by atoms with Crippen molar-refractivity contribution < 1.29 is 9.90 Å². The fourth-order valence-corrected chi connectivity index (χ4v) is 2.20. The van der Waals surface area contributed by atoms with Crippen molar-refractivity contribution in [1.29, 1.82) is 0 Å². The summed E-state index contributed by atoms with van der Waals surface area (Å²) in [5, 5.41) is 12.3. The van der Waals surface area contributed by atoms with Crippen molar-refractivity contribution in [2.45, 2.75) is 51.6 Å². The summed E-state index contributed by atoms with van der Waals surface area (Å²) in [7, 11) is 0. The van der Waals surface area contributed by atoms with Gasteiger partial charge in [0.2, 0.25) is 5.91 Å². The zero-order valence-electron chi connectivity index (χ0n) is 10.6. The van der Waals surface area contributed by atoms with Crippen molar-refractivity contribution in [3.05, 3.63) is 0 Å². The molecular formula is C12H24N2O2. The van der Waals surface area contributed by atoms with Crippen LogP contribution in [0.5, 0.6) is 0 Å². The van der Waals surface area contributed by atoms with E-state index in [4.69, 9.17) is 5.11 Å². The van der Waals surface area contributed by atoms with E-state index in [-0.39, 0.29) is 24.1 Å². The molecule has 1 amide bonds. The van der Waals surface area contributed by atoms with Gasteiger partial charge in [-0.1, -0.05) is 6.92 Å². The average Bonchev–Trinajstić information content (AvgIpc) is 2.57. The van der Waals surface area contributed by atoms with E-state index < -0.39 is 0 Å². The normalized spacial score (nSPS) is 21.9. The minimum Gasteiger partial charge on any atom is -0.396 e. The number of nitrogens with one attached hydrogen (secondary N) is 1. The second kappa shape index (κ2) is 5.64. The first kappa shape index (κ1) is 13.5. The van der Waals surface area contributed by atoms with E-state index >= 15 is 0 Å². The second-order valence-corrected chi connectivity index (χ2v) is 5.07. The summed E-state index contributed by atoms with van der Waals surface area (Å²) in [6.45, 7) is 7.95. The zero-order chi connectivity index (χ0) is 12.2. The summed E-state index contributed by atoms with van der Waals surface area (Å²) in [5.41, 5.74) is -0.228. The van der Waals surface area contributed by atoms with Crippen molar-refractivity contribution in [3.8, 4) is 0 Å². The van der Waals surface area contributed by atoms with Gasteiger partial charge in [0, 0.05) is 18.7 Å². The van der Waals surface area contributed by atoms with Crippen LogP contribution >= 0.6 is 0 Å². The van der Waals surface area contributed by atoms with Crippen molar-refractivity contribution >= 4 is 5.91 Å². The number of aliphatic hydroxyl groups excluding tert-OH is 1. The minimum absolute atomic E-state index is 0.0158. The monoisotopic (exact) mass is 228 g/mol. The lowest BCUT2D eigenvalue weighted by Gasteiger charge is -2.35. The molecule has 1 fully saturated rings. The molecule has 0 aromatic heterocycles. The van der Waals surface area contributed by atoms with Gasteiger partial charge in [-0.15, -0.1) is 0 Å². The molecule has 0 aromatic carbocycles. The van der Waals surface area contributed by atoms with E-state index in [1.807, 2.05) is 18.7 Å². The van der Waals surface area contributed by atoms with Crippen molar-refractivity contribution in [3.63, 3.8) is 0 Å². The van der Waals surface area contributed by atoms with Crippen LogP contribution < -0.4 is 5.32 Å². The Balaban J connectivity index is 2.56. The molecule has 1 unspecified atom stereocenters. The molecule has 0 aliphatic carbocycles. The van der Waals surface area contributed by atoms with E-state index in [1.165, 1.54) is 0 Å². The Hall–Kier alpha value is -0.610. The molecule has 1 rings (SSSR count). The van der Waals surface area contributed by atoms with Gasteiger partial charge in [0.25, 0.3) is 0 Å². The van der Waals surface area contributed by atoms with Crippen LogP contribution in [0.4, 0.5) is 0 Å². The smallest absolute Gasteiger partial charge is 0.240 e. The number of amides is 1. The number of nitrogens with zero attached hydrogens (tertiary/aromatic N) is 1. The summed E-state index contributed by atoms with van der Waals surface area (Å²) >= 11 is 0. The second-order valence-electron chi connectivity index (χ2n) is 5.07. The lowest BCUT2D eigenvalue weighted by molar-refractivity contribution is -0.134. The third-order valence-electron chi connectivity index (χ3n) is 3.30. The van der Waals surface area contributed by atoms with Crippen molar-refractivity contribution in [2.75, 3.05) is 19.7 Å². The van der Waals surface area contributed by atoms with Crippen LogP contribution in [-0.2, 0) is 4.79 Å². The fourth-order valence-electron chi connectivity index (χ4n) is 2.20. The van der Waals surface area contributed by atoms with E-state index in [2.05, 4.69) is 12.2 Å². The Kier molecular flexibility index (Phi) is 4.74. The molecule has 1 aliphatic heterocycles. The lowest BCUT2D eigenvalue weighted by atomic mass is 9.99. The van der Waals surface area contributed by atoms with Gasteiger partial charge in [-0.3, -0.25) is 4.79 Å².